The molecule has 3 nitrogen and oxygen atoms in total. The number of alkyl halides is 3. The fourth-order valence-electron chi connectivity index (χ4n) is 2.31. The summed E-state index contributed by atoms with van der Waals surface area (Å²) in [4.78, 5) is 11.4. The smallest absolute Gasteiger partial charge is 0.416 e. The molecule has 0 spiro atoms. The molecule has 0 bridgehead atoms. The second kappa shape index (κ2) is 6.95. The first kappa shape index (κ1) is 17.8. The summed E-state index contributed by atoms with van der Waals surface area (Å²) in [6.45, 7) is 3.13. The van der Waals surface area contributed by atoms with Gasteiger partial charge in [-0.25, -0.2) is 0 Å². The van der Waals surface area contributed by atoms with Crippen LogP contribution in [0.25, 0.3) is 0 Å². The highest BCUT2D eigenvalue weighted by Crippen LogP contribution is 2.31. The van der Waals surface area contributed by atoms with E-state index in [9.17, 15) is 23.1 Å². The monoisotopic (exact) mass is 338 g/mol. The molecule has 0 unspecified atom stereocenters. The number of aromatic hydroxyl groups is 1. The molecular formula is C18H17F3O3. The Labute approximate surface area is 137 Å². The van der Waals surface area contributed by atoms with Gasteiger partial charge in [-0.3, -0.25) is 4.79 Å². The molecule has 0 aliphatic rings. The highest BCUT2D eigenvalue weighted by molar-refractivity contribution is 5.97. The Morgan fingerprint density at radius 3 is 2.50 bits per heavy atom. The summed E-state index contributed by atoms with van der Waals surface area (Å²) in [6, 6.07) is 7.73. The van der Waals surface area contributed by atoms with Crippen LogP contribution in [-0.2, 0) is 19.2 Å². The van der Waals surface area contributed by atoms with Gasteiger partial charge >= 0.3 is 6.18 Å². The normalized spacial score (nSPS) is 11.4. The second-order valence-electron chi connectivity index (χ2n) is 5.37. The fourth-order valence-corrected chi connectivity index (χ4v) is 2.31. The van der Waals surface area contributed by atoms with Gasteiger partial charge < -0.3 is 9.84 Å². The molecule has 0 aliphatic heterocycles. The van der Waals surface area contributed by atoms with Crippen LogP contribution < -0.4 is 4.74 Å². The lowest BCUT2D eigenvalue weighted by molar-refractivity contribution is -0.137. The van der Waals surface area contributed by atoms with E-state index >= 15 is 0 Å². The van der Waals surface area contributed by atoms with Crippen molar-refractivity contribution in [2.75, 3.05) is 0 Å². The molecule has 0 saturated carbocycles. The van der Waals surface area contributed by atoms with Gasteiger partial charge in [0.25, 0.3) is 0 Å². The van der Waals surface area contributed by atoms with E-state index in [2.05, 4.69) is 0 Å². The average Bonchev–Trinajstić information content (AvgIpc) is 2.52. The summed E-state index contributed by atoms with van der Waals surface area (Å²) in [5.74, 6) is -0.136. The van der Waals surface area contributed by atoms with Gasteiger partial charge in [-0.2, -0.15) is 13.2 Å². The Morgan fingerprint density at radius 1 is 1.21 bits per heavy atom. The van der Waals surface area contributed by atoms with Crippen LogP contribution in [-0.4, -0.2) is 10.9 Å². The Hall–Kier alpha value is -2.50. The number of phenols is 1. The third kappa shape index (κ3) is 4.07. The van der Waals surface area contributed by atoms with Crippen molar-refractivity contribution in [2.45, 2.75) is 33.1 Å². The van der Waals surface area contributed by atoms with Crippen molar-refractivity contribution in [1.82, 2.24) is 0 Å². The van der Waals surface area contributed by atoms with Gasteiger partial charge in [0, 0.05) is 6.07 Å². The minimum Gasteiger partial charge on any atom is -0.507 e. The minimum absolute atomic E-state index is 0.0736. The van der Waals surface area contributed by atoms with Crippen LogP contribution in [0.3, 0.4) is 0 Å². The third-order valence-corrected chi connectivity index (χ3v) is 3.59. The largest absolute Gasteiger partial charge is 0.507 e. The zero-order valence-electron chi connectivity index (χ0n) is 13.3. The number of hydrogen-bond acceptors (Lipinski definition) is 3. The van der Waals surface area contributed by atoms with Crippen LogP contribution in [0.5, 0.6) is 11.5 Å². The van der Waals surface area contributed by atoms with E-state index in [1.165, 1.54) is 25.1 Å². The Morgan fingerprint density at radius 2 is 1.92 bits per heavy atom. The summed E-state index contributed by atoms with van der Waals surface area (Å²) in [6.07, 6.45) is -3.86. The summed E-state index contributed by atoms with van der Waals surface area (Å²) in [7, 11) is 0. The number of phenolic OH excluding ortho intramolecular Hbond substituents is 1. The molecular weight excluding hydrogens is 321 g/mol. The molecule has 0 saturated heterocycles. The third-order valence-electron chi connectivity index (χ3n) is 3.59. The van der Waals surface area contributed by atoms with Crippen LogP contribution >= 0.6 is 0 Å². The predicted octanol–water partition coefficient (Wildman–Crippen LogP) is 4.76. The standard InChI is InChI=1S/C18H17F3O3/c1-3-13-8-15(11(2)22)16(23)9-17(13)24-10-12-5-4-6-14(7-12)18(19,20)21/h4-9,23H,3,10H2,1-2H3. The lowest BCUT2D eigenvalue weighted by Crippen LogP contribution is -2.06. The highest BCUT2D eigenvalue weighted by Gasteiger charge is 2.30. The van der Waals surface area contributed by atoms with Gasteiger partial charge in [-0.15, -0.1) is 0 Å². The number of benzene rings is 2. The van der Waals surface area contributed by atoms with E-state index in [1.54, 1.807) is 6.07 Å². The molecule has 0 fully saturated rings. The molecule has 24 heavy (non-hydrogen) atoms. The number of aryl methyl sites for hydroxylation is 1. The van der Waals surface area contributed by atoms with Crippen molar-refractivity contribution >= 4 is 5.78 Å². The van der Waals surface area contributed by atoms with E-state index in [1.807, 2.05) is 6.92 Å². The van der Waals surface area contributed by atoms with Crippen molar-refractivity contribution < 1.29 is 27.8 Å². The number of carbonyl (C=O) groups is 1. The molecule has 128 valence electrons. The number of ether oxygens (including phenoxy) is 1. The molecule has 0 heterocycles. The highest BCUT2D eigenvalue weighted by atomic mass is 19.4. The lowest BCUT2D eigenvalue weighted by atomic mass is 10.0. The molecule has 1 N–H and O–H groups in total. The van der Waals surface area contributed by atoms with E-state index in [0.717, 1.165) is 12.1 Å². The van der Waals surface area contributed by atoms with Gasteiger partial charge in [-0.1, -0.05) is 19.1 Å². The zero-order valence-corrected chi connectivity index (χ0v) is 13.3. The Kier molecular flexibility index (Phi) is 5.17. The maximum absolute atomic E-state index is 12.7. The summed E-state index contributed by atoms with van der Waals surface area (Å²) in [5.41, 5.74) is 0.513. The van der Waals surface area contributed by atoms with Crippen molar-refractivity contribution in [3.63, 3.8) is 0 Å². The van der Waals surface area contributed by atoms with Crippen molar-refractivity contribution in [3.05, 3.63) is 58.7 Å². The molecule has 0 amide bonds. The van der Waals surface area contributed by atoms with Crippen molar-refractivity contribution in [2.24, 2.45) is 0 Å². The molecule has 0 aromatic heterocycles. The van der Waals surface area contributed by atoms with Gasteiger partial charge in [0.1, 0.15) is 18.1 Å². The Balaban J connectivity index is 2.23. The van der Waals surface area contributed by atoms with E-state index < -0.39 is 11.7 Å². The maximum Gasteiger partial charge on any atom is 0.416 e. The summed E-state index contributed by atoms with van der Waals surface area (Å²) >= 11 is 0. The van der Waals surface area contributed by atoms with Gasteiger partial charge in [0.15, 0.2) is 5.78 Å². The zero-order chi connectivity index (χ0) is 17.9. The Bertz CT molecular complexity index is 752. The van der Waals surface area contributed by atoms with Gasteiger partial charge in [-0.05, 0) is 42.7 Å². The van der Waals surface area contributed by atoms with Gasteiger partial charge in [0.05, 0.1) is 11.1 Å². The van der Waals surface area contributed by atoms with Crippen LogP contribution in [0, 0.1) is 0 Å². The summed E-state index contributed by atoms with van der Waals surface area (Å²) < 4.78 is 43.7. The molecule has 2 rings (SSSR count). The minimum atomic E-state index is -4.41. The first-order chi connectivity index (χ1) is 11.2. The topological polar surface area (TPSA) is 46.5 Å². The number of Topliss-reactive ketones (excluding diaryl/α,β-unsaturated/α-hetero) is 1. The number of carbonyl (C=O) groups excluding carboxylic acids is 1. The van der Waals surface area contributed by atoms with Crippen LogP contribution in [0.15, 0.2) is 36.4 Å². The average molecular weight is 338 g/mol. The van der Waals surface area contributed by atoms with Crippen LogP contribution in [0.4, 0.5) is 13.2 Å². The first-order valence-corrected chi connectivity index (χ1v) is 7.38. The number of halogens is 3. The fraction of sp³-hybridized carbons (Fsp3) is 0.278. The summed E-state index contributed by atoms with van der Waals surface area (Å²) in [5, 5.41) is 9.88. The molecule has 2 aromatic rings. The molecule has 0 atom stereocenters. The quantitative estimate of drug-likeness (QED) is 0.800. The lowest BCUT2D eigenvalue weighted by Gasteiger charge is -2.14. The van der Waals surface area contributed by atoms with E-state index in [-0.39, 0.29) is 23.7 Å². The molecule has 6 heteroatoms. The number of hydrogen-bond donors (Lipinski definition) is 1. The van der Waals surface area contributed by atoms with E-state index in [0.29, 0.717) is 23.3 Å². The van der Waals surface area contributed by atoms with E-state index in [4.69, 9.17) is 4.74 Å². The number of rotatable bonds is 5. The molecule has 0 radical (unpaired) electrons. The van der Waals surface area contributed by atoms with Crippen LogP contribution in [0.1, 0.15) is 40.9 Å². The van der Waals surface area contributed by atoms with Crippen molar-refractivity contribution in [1.29, 1.82) is 0 Å². The maximum atomic E-state index is 12.7. The second-order valence-corrected chi connectivity index (χ2v) is 5.37. The van der Waals surface area contributed by atoms with Crippen molar-refractivity contribution in [3.8, 4) is 11.5 Å². The first-order valence-electron chi connectivity index (χ1n) is 7.38. The molecule has 2 aromatic carbocycles. The molecule has 0 aliphatic carbocycles. The predicted molar refractivity (Wildman–Crippen MR) is 83.3 cm³/mol. The van der Waals surface area contributed by atoms with Gasteiger partial charge in [0.2, 0.25) is 0 Å². The van der Waals surface area contributed by atoms with Crippen LogP contribution in [0.2, 0.25) is 0 Å². The SMILES string of the molecule is CCc1cc(C(C)=O)c(O)cc1OCc1cccc(C(F)(F)F)c1. The number of ketones is 1.